The molecule has 0 spiro atoms. The second kappa shape index (κ2) is 5.61. The van der Waals surface area contributed by atoms with Gasteiger partial charge in [-0.2, -0.15) is 24.9 Å². The zero-order chi connectivity index (χ0) is 13.2. The molecule has 1 aliphatic heterocycles. The first-order valence-corrected chi connectivity index (χ1v) is 7.83. The molecule has 2 aliphatic rings. The molecular weight excluding hydrogens is 259 g/mol. The summed E-state index contributed by atoms with van der Waals surface area (Å²) in [5.41, 5.74) is 0. The van der Waals surface area contributed by atoms with Crippen molar-refractivity contribution in [3.63, 3.8) is 0 Å². The Kier molecular flexibility index (Phi) is 4.52. The molecule has 18 heavy (non-hydrogen) atoms. The molecule has 1 heterocycles. The van der Waals surface area contributed by atoms with Crippen molar-refractivity contribution in [1.82, 2.24) is 5.32 Å². The summed E-state index contributed by atoms with van der Waals surface area (Å²) in [6.07, 6.45) is 0.879. The van der Waals surface area contributed by atoms with Gasteiger partial charge in [0.2, 0.25) is 0 Å². The molecule has 0 amide bonds. The zero-order valence-corrected chi connectivity index (χ0v) is 11.7. The largest absolute Gasteiger partial charge is 0.393 e. The second-order valence-corrected chi connectivity index (χ2v) is 7.50. The Labute approximate surface area is 111 Å². The highest BCUT2D eigenvalue weighted by atomic mass is 32.2. The summed E-state index contributed by atoms with van der Waals surface area (Å²) in [7, 11) is 0. The van der Waals surface area contributed by atoms with E-state index < -0.39 is 12.1 Å². The van der Waals surface area contributed by atoms with Crippen LogP contribution in [0.15, 0.2) is 0 Å². The Balaban J connectivity index is 1.89. The molecule has 0 aromatic rings. The van der Waals surface area contributed by atoms with Gasteiger partial charge >= 0.3 is 6.18 Å². The molecule has 0 radical (unpaired) electrons. The van der Waals surface area contributed by atoms with E-state index in [1.165, 1.54) is 6.42 Å². The van der Waals surface area contributed by atoms with Crippen LogP contribution in [0.2, 0.25) is 0 Å². The summed E-state index contributed by atoms with van der Waals surface area (Å²) in [6, 6.07) is -0.364. The summed E-state index contributed by atoms with van der Waals surface area (Å²) >= 11 is 1.90. The second-order valence-electron chi connectivity index (χ2n) is 5.82. The van der Waals surface area contributed by atoms with Crippen LogP contribution in [0.3, 0.4) is 0 Å². The standard InChI is InChI=1S/C13H22F3NS/c1-12(7-4-8-18-12)9-17-11-6-3-2-5-10(11)13(14,15)16/h10-11,17H,2-9H2,1H3. The summed E-state index contributed by atoms with van der Waals surface area (Å²) in [4.78, 5) is 0. The van der Waals surface area contributed by atoms with Crippen LogP contribution >= 0.6 is 11.8 Å². The first-order valence-electron chi connectivity index (χ1n) is 6.85. The maximum absolute atomic E-state index is 12.9. The van der Waals surface area contributed by atoms with Crippen molar-refractivity contribution in [3.05, 3.63) is 0 Å². The fourth-order valence-corrected chi connectivity index (χ4v) is 4.35. The van der Waals surface area contributed by atoms with Gasteiger partial charge in [0.25, 0.3) is 0 Å². The molecule has 0 aromatic carbocycles. The Hall–Kier alpha value is 0.100. The summed E-state index contributed by atoms with van der Waals surface area (Å²) in [6.45, 7) is 2.89. The van der Waals surface area contributed by atoms with Gasteiger partial charge in [0.1, 0.15) is 0 Å². The van der Waals surface area contributed by atoms with Crippen LogP contribution in [0, 0.1) is 5.92 Å². The number of alkyl halides is 3. The Morgan fingerprint density at radius 3 is 2.56 bits per heavy atom. The van der Waals surface area contributed by atoms with E-state index >= 15 is 0 Å². The summed E-state index contributed by atoms with van der Waals surface area (Å²) in [5, 5.41) is 3.22. The average Bonchev–Trinajstić information content (AvgIpc) is 2.73. The number of rotatable bonds is 3. The topological polar surface area (TPSA) is 12.0 Å². The highest BCUT2D eigenvalue weighted by Crippen LogP contribution is 2.40. The van der Waals surface area contributed by atoms with Gasteiger partial charge in [0, 0.05) is 17.3 Å². The lowest BCUT2D eigenvalue weighted by atomic mass is 9.83. The van der Waals surface area contributed by atoms with Gasteiger partial charge in [0.15, 0.2) is 0 Å². The van der Waals surface area contributed by atoms with Crippen molar-refractivity contribution in [3.8, 4) is 0 Å². The van der Waals surface area contributed by atoms with E-state index in [1.54, 1.807) is 0 Å². The third-order valence-electron chi connectivity index (χ3n) is 4.23. The molecule has 0 bridgehead atoms. The van der Waals surface area contributed by atoms with Crippen LogP contribution < -0.4 is 5.32 Å². The maximum Gasteiger partial charge on any atom is 0.393 e. The molecule has 1 N–H and O–H groups in total. The SMILES string of the molecule is CC1(CNC2CCCCC2C(F)(F)F)CCCS1. The quantitative estimate of drug-likeness (QED) is 0.839. The fraction of sp³-hybridized carbons (Fsp3) is 1.00. The monoisotopic (exact) mass is 281 g/mol. The molecule has 2 fully saturated rings. The molecular formula is C13H22F3NS. The molecule has 1 aliphatic carbocycles. The molecule has 3 atom stereocenters. The minimum Gasteiger partial charge on any atom is -0.312 e. The van der Waals surface area contributed by atoms with Crippen LogP contribution in [-0.2, 0) is 0 Å². The van der Waals surface area contributed by atoms with E-state index in [-0.39, 0.29) is 10.8 Å². The summed E-state index contributed by atoms with van der Waals surface area (Å²) in [5.74, 6) is 0.00666. The number of hydrogen-bond acceptors (Lipinski definition) is 2. The Morgan fingerprint density at radius 2 is 1.94 bits per heavy atom. The van der Waals surface area contributed by atoms with E-state index in [0.717, 1.165) is 25.1 Å². The maximum atomic E-state index is 12.9. The predicted octanol–water partition coefficient (Wildman–Crippen LogP) is 3.98. The fourth-order valence-electron chi connectivity index (χ4n) is 3.09. The van der Waals surface area contributed by atoms with Crippen LogP contribution in [0.5, 0.6) is 0 Å². The molecule has 1 nitrogen and oxygen atoms in total. The van der Waals surface area contributed by atoms with E-state index in [4.69, 9.17) is 0 Å². The predicted molar refractivity (Wildman–Crippen MR) is 69.9 cm³/mol. The van der Waals surface area contributed by atoms with Gasteiger partial charge in [-0.3, -0.25) is 0 Å². The molecule has 1 saturated carbocycles. The normalized spacial score (nSPS) is 38.0. The molecule has 1 saturated heterocycles. The smallest absolute Gasteiger partial charge is 0.312 e. The lowest BCUT2D eigenvalue weighted by Crippen LogP contribution is -2.48. The third kappa shape index (κ3) is 3.56. The number of thioether (sulfide) groups is 1. The first-order chi connectivity index (χ1) is 8.41. The summed E-state index contributed by atoms with van der Waals surface area (Å²) < 4.78 is 39.0. The van der Waals surface area contributed by atoms with Crippen molar-refractivity contribution < 1.29 is 13.2 Å². The van der Waals surface area contributed by atoms with Crippen molar-refractivity contribution >= 4 is 11.8 Å². The van der Waals surface area contributed by atoms with Crippen molar-refractivity contribution in [2.45, 2.75) is 62.4 Å². The van der Waals surface area contributed by atoms with Crippen LogP contribution in [-0.4, -0.2) is 29.3 Å². The van der Waals surface area contributed by atoms with E-state index in [9.17, 15) is 13.2 Å². The van der Waals surface area contributed by atoms with E-state index in [0.29, 0.717) is 19.3 Å². The van der Waals surface area contributed by atoms with Crippen LogP contribution in [0.1, 0.15) is 45.4 Å². The lowest BCUT2D eigenvalue weighted by Gasteiger charge is -2.36. The number of hydrogen-bond donors (Lipinski definition) is 1. The Bertz CT molecular complexity index is 274. The van der Waals surface area contributed by atoms with Gasteiger partial charge in [-0.15, -0.1) is 0 Å². The molecule has 5 heteroatoms. The van der Waals surface area contributed by atoms with Gasteiger partial charge in [-0.1, -0.05) is 12.8 Å². The third-order valence-corrected chi connectivity index (χ3v) is 5.76. The highest BCUT2D eigenvalue weighted by molar-refractivity contribution is 8.00. The van der Waals surface area contributed by atoms with Gasteiger partial charge in [-0.25, -0.2) is 0 Å². The van der Waals surface area contributed by atoms with Crippen LogP contribution in [0.4, 0.5) is 13.2 Å². The lowest BCUT2D eigenvalue weighted by molar-refractivity contribution is -0.188. The first kappa shape index (κ1) is 14.5. The van der Waals surface area contributed by atoms with Crippen molar-refractivity contribution in [2.24, 2.45) is 5.92 Å². The van der Waals surface area contributed by atoms with E-state index in [1.807, 2.05) is 11.8 Å². The zero-order valence-electron chi connectivity index (χ0n) is 10.9. The van der Waals surface area contributed by atoms with Crippen LogP contribution in [0.25, 0.3) is 0 Å². The minimum atomic E-state index is -4.04. The van der Waals surface area contributed by atoms with Gasteiger partial charge in [0.05, 0.1) is 5.92 Å². The molecule has 2 rings (SSSR count). The molecule has 106 valence electrons. The average molecular weight is 281 g/mol. The van der Waals surface area contributed by atoms with Crippen molar-refractivity contribution in [2.75, 3.05) is 12.3 Å². The van der Waals surface area contributed by atoms with Crippen molar-refractivity contribution in [1.29, 1.82) is 0 Å². The highest BCUT2D eigenvalue weighted by Gasteiger charge is 2.45. The minimum absolute atomic E-state index is 0.146. The van der Waals surface area contributed by atoms with Gasteiger partial charge in [-0.05, 0) is 38.4 Å². The van der Waals surface area contributed by atoms with E-state index in [2.05, 4.69) is 12.2 Å². The van der Waals surface area contributed by atoms with Gasteiger partial charge < -0.3 is 5.32 Å². The Morgan fingerprint density at radius 1 is 1.22 bits per heavy atom. The number of nitrogens with one attached hydrogen (secondary N) is 1. The molecule has 3 unspecified atom stereocenters. The molecule has 0 aromatic heterocycles. The number of halogens is 3.